The van der Waals surface area contributed by atoms with E-state index in [1.54, 1.807) is 36.4 Å². The minimum Gasteiger partial charge on any atom is -0.452 e. The summed E-state index contributed by atoms with van der Waals surface area (Å²) in [4.78, 5) is 25.9. The maximum Gasteiger partial charge on any atom is 0.338 e. The highest BCUT2D eigenvalue weighted by Crippen LogP contribution is 2.30. The molecule has 0 radical (unpaired) electrons. The number of nitrogens with one attached hydrogen (secondary N) is 1. The van der Waals surface area contributed by atoms with Crippen molar-refractivity contribution in [1.29, 1.82) is 0 Å². The molecule has 0 saturated carbocycles. The summed E-state index contributed by atoms with van der Waals surface area (Å²) in [7, 11) is 0. The Morgan fingerprint density at radius 2 is 2.03 bits per heavy atom. The summed E-state index contributed by atoms with van der Waals surface area (Å²) in [6, 6.07) is 13.8. The van der Waals surface area contributed by atoms with Gasteiger partial charge in [-0.2, -0.15) is 0 Å². The Morgan fingerprint density at radius 3 is 2.79 bits per heavy atom. The largest absolute Gasteiger partial charge is 0.452 e. The number of rotatable bonds is 6. The monoisotopic (exact) mass is 489 g/mol. The molecule has 1 N–H and O–H groups in total. The standard InChI is InChI=1S/C19H12BrN3O4S2/c20-15-7-6-14(29-15)18-23-22-16(27-18)10-26-19(25)11-3-1-4-12(9-11)21-17(24)13-5-2-8-28-13/h1-9H,10H2,(H,21,24). The summed E-state index contributed by atoms with van der Waals surface area (Å²) < 4.78 is 11.7. The molecule has 0 spiro atoms. The SMILES string of the molecule is O=C(OCc1nnc(-c2ccc(Br)s2)o1)c1cccc(NC(=O)c2cccs2)c1. The molecule has 0 atom stereocenters. The van der Waals surface area contributed by atoms with E-state index in [1.807, 2.05) is 17.5 Å². The molecule has 146 valence electrons. The van der Waals surface area contributed by atoms with Crippen LogP contribution in [-0.2, 0) is 11.3 Å². The maximum absolute atomic E-state index is 12.3. The molecule has 3 aromatic heterocycles. The number of halogens is 1. The second-order valence-corrected chi connectivity index (χ2v) is 9.10. The van der Waals surface area contributed by atoms with Gasteiger partial charge in [0.15, 0.2) is 6.61 Å². The van der Waals surface area contributed by atoms with Crippen LogP contribution in [0.15, 0.2) is 62.1 Å². The van der Waals surface area contributed by atoms with E-state index in [0.29, 0.717) is 22.0 Å². The molecule has 0 bridgehead atoms. The van der Waals surface area contributed by atoms with E-state index in [-0.39, 0.29) is 18.4 Å². The minimum absolute atomic E-state index is 0.149. The second kappa shape index (κ2) is 8.68. The maximum atomic E-state index is 12.3. The number of hydrogen-bond donors (Lipinski definition) is 1. The number of ether oxygens (including phenoxy) is 1. The first-order valence-electron chi connectivity index (χ1n) is 8.28. The second-order valence-electron chi connectivity index (χ2n) is 5.69. The third kappa shape index (κ3) is 4.78. The molecule has 0 saturated heterocycles. The summed E-state index contributed by atoms with van der Waals surface area (Å²) in [6.45, 7) is -0.149. The number of hydrogen-bond acceptors (Lipinski definition) is 8. The molecule has 1 aromatic carbocycles. The number of benzene rings is 1. The Balaban J connectivity index is 1.37. The van der Waals surface area contributed by atoms with Gasteiger partial charge in [0.1, 0.15) is 0 Å². The molecule has 7 nitrogen and oxygen atoms in total. The lowest BCUT2D eigenvalue weighted by atomic mass is 10.2. The molecule has 0 aliphatic rings. The molecule has 0 aliphatic carbocycles. The summed E-state index contributed by atoms with van der Waals surface area (Å²) in [6.07, 6.45) is 0. The van der Waals surface area contributed by atoms with Gasteiger partial charge >= 0.3 is 5.97 Å². The van der Waals surface area contributed by atoms with Crippen LogP contribution in [0.2, 0.25) is 0 Å². The van der Waals surface area contributed by atoms with Crippen LogP contribution >= 0.6 is 38.6 Å². The average molecular weight is 490 g/mol. The van der Waals surface area contributed by atoms with Crippen LogP contribution in [0, 0.1) is 0 Å². The number of aromatic nitrogens is 2. The van der Waals surface area contributed by atoms with Crippen LogP contribution in [0.1, 0.15) is 25.9 Å². The lowest BCUT2D eigenvalue weighted by Crippen LogP contribution is -2.11. The van der Waals surface area contributed by atoms with Crippen molar-refractivity contribution >= 4 is 56.2 Å². The topological polar surface area (TPSA) is 94.3 Å². The number of esters is 1. The zero-order valence-corrected chi connectivity index (χ0v) is 17.8. The van der Waals surface area contributed by atoms with Crippen LogP contribution in [-0.4, -0.2) is 22.1 Å². The lowest BCUT2D eigenvalue weighted by Gasteiger charge is -2.06. The molecule has 4 rings (SSSR count). The molecule has 4 aromatic rings. The Kier molecular flexibility index (Phi) is 5.84. The molecule has 1 amide bonds. The number of nitrogens with zero attached hydrogens (tertiary/aromatic N) is 2. The molecule has 0 unspecified atom stereocenters. The molecule has 0 fully saturated rings. The highest BCUT2D eigenvalue weighted by atomic mass is 79.9. The first kappa shape index (κ1) is 19.5. The van der Waals surface area contributed by atoms with E-state index in [1.165, 1.54) is 22.7 Å². The first-order valence-corrected chi connectivity index (χ1v) is 10.8. The van der Waals surface area contributed by atoms with Crippen molar-refractivity contribution in [2.45, 2.75) is 6.61 Å². The van der Waals surface area contributed by atoms with Gasteiger partial charge in [0, 0.05) is 5.69 Å². The van der Waals surface area contributed by atoms with E-state index >= 15 is 0 Å². The first-order chi connectivity index (χ1) is 14.1. The van der Waals surface area contributed by atoms with E-state index in [0.717, 1.165) is 8.66 Å². The van der Waals surface area contributed by atoms with E-state index in [2.05, 4.69) is 31.4 Å². The molecular weight excluding hydrogens is 478 g/mol. The fourth-order valence-electron chi connectivity index (χ4n) is 2.38. The Morgan fingerprint density at radius 1 is 1.14 bits per heavy atom. The third-order valence-corrected chi connectivity index (χ3v) is 6.16. The number of thiophene rings is 2. The van der Waals surface area contributed by atoms with Crippen LogP contribution in [0.25, 0.3) is 10.8 Å². The number of anilines is 1. The Labute approximate surface area is 181 Å². The van der Waals surface area contributed by atoms with Gasteiger partial charge in [-0.15, -0.1) is 32.9 Å². The molecule has 3 heterocycles. The lowest BCUT2D eigenvalue weighted by molar-refractivity contribution is 0.0438. The highest BCUT2D eigenvalue weighted by Gasteiger charge is 2.14. The average Bonchev–Trinajstić information content (AvgIpc) is 3.47. The number of carbonyl (C=O) groups is 2. The summed E-state index contributed by atoms with van der Waals surface area (Å²) >= 11 is 6.18. The zero-order chi connectivity index (χ0) is 20.2. The van der Waals surface area contributed by atoms with Crippen LogP contribution in [0.3, 0.4) is 0 Å². The van der Waals surface area contributed by atoms with Crippen molar-refractivity contribution < 1.29 is 18.7 Å². The van der Waals surface area contributed by atoms with Gasteiger partial charge in [-0.05, 0) is 57.7 Å². The summed E-state index contributed by atoms with van der Waals surface area (Å²) in [5.74, 6) is -0.231. The fourth-order valence-corrected chi connectivity index (χ4v) is 4.30. The van der Waals surface area contributed by atoms with Gasteiger partial charge in [0.2, 0.25) is 0 Å². The number of amides is 1. The summed E-state index contributed by atoms with van der Waals surface area (Å²) in [5, 5.41) is 12.4. The summed E-state index contributed by atoms with van der Waals surface area (Å²) in [5.41, 5.74) is 0.803. The van der Waals surface area contributed by atoms with Crippen LogP contribution in [0.4, 0.5) is 5.69 Å². The third-order valence-electron chi connectivity index (χ3n) is 3.68. The Bertz CT molecular complexity index is 1150. The number of carbonyl (C=O) groups excluding carboxylic acids is 2. The van der Waals surface area contributed by atoms with Crippen molar-refractivity contribution in [2.75, 3.05) is 5.32 Å². The fraction of sp³-hybridized carbons (Fsp3) is 0.0526. The van der Waals surface area contributed by atoms with Gasteiger partial charge < -0.3 is 14.5 Å². The van der Waals surface area contributed by atoms with Crippen LogP contribution in [0.5, 0.6) is 0 Å². The van der Waals surface area contributed by atoms with Crippen LogP contribution < -0.4 is 5.32 Å². The minimum atomic E-state index is -0.559. The van der Waals surface area contributed by atoms with Crippen molar-refractivity contribution in [1.82, 2.24) is 10.2 Å². The van der Waals surface area contributed by atoms with Gasteiger partial charge in [-0.3, -0.25) is 4.79 Å². The van der Waals surface area contributed by atoms with Gasteiger partial charge in [0.25, 0.3) is 17.7 Å². The predicted octanol–water partition coefficient (Wildman–Crippen LogP) is 5.23. The van der Waals surface area contributed by atoms with E-state index in [9.17, 15) is 9.59 Å². The molecular formula is C19H12BrN3O4S2. The van der Waals surface area contributed by atoms with Gasteiger partial charge in [-0.1, -0.05) is 12.1 Å². The zero-order valence-electron chi connectivity index (χ0n) is 14.6. The van der Waals surface area contributed by atoms with Crippen molar-refractivity contribution in [2.24, 2.45) is 0 Å². The van der Waals surface area contributed by atoms with Gasteiger partial charge in [-0.25, -0.2) is 4.79 Å². The van der Waals surface area contributed by atoms with Crippen molar-refractivity contribution in [3.8, 4) is 10.8 Å². The molecule has 10 heteroatoms. The van der Waals surface area contributed by atoms with E-state index < -0.39 is 5.97 Å². The molecule has 0 aliphatic heterocycles. The smallest absolute Gasteiger partial charge is 0.338 e. The van der Waals surface area contributed by atoms with E-state index in [4.69, 9.17) is 9.15 Å². The normalized spacial score (nSPS) is 10.7. The van der Waals surface area contributed by atoms with Crippen molar-refractivity contribution in [3.63, 3.8) is 0 Å². The van der Waals surface area contributed by atoms with Gasteiger partial charge in [0.05, 0.1) is 19.1 Å². The van der Waals surface area contributed by atoms with Crippen molar-refractivity contribution in [3.05, 3.63) is 74.0 Å². The molecule has 29 heavy (non-hydrogen) atoms. The highest BCUT2D eigenvalue weighted by molar-refractivity contribution is 9.11. The Hall–Kier alpha value is -2.82. The quantitative estimate of drug-likeness (QED) is 0.372. The predicted molar refractivity (Wildman–Crippen MR) is 113 cm³/mol.